The Morgan fingerprint density at radius 1 is 1.38 bits per heavy atom. The van der Waals surface area contributed by atoms with E-state index in [-0.39, 0.29) is 5.60 Å². The molecule has 0 spiro atoms. The average molecular weight is 184 g/mol. The van der Waals surface area contributed by atoms with Crippen LogP contribution >= 0.6 is 0 Å². The van der Waals surface area contributed by atoms with Crippen LogP contribution in [0.3, 0.4) is 0 Å². The zero-order valence-electron chi connectivity index (χ0n) is 8.42. The molecule has 0 atom stereocenters. The van der Waals surface area contributed by atoms with Crippen molar-refractivity contribution in [1.29, 1.82) is 0 Å². The van der Waals surface area contributed by atoms with Crippen molar-refractivity contribution in [3.05, 3.63) is 0 Å². The predicted octanol–water partition coefficient (Wildman–Crippen LogP) is 0.195. The minimum Gasteiger partial charge on any atom is -0.389 e. The Bertz CT molecular complexity index is 172. The molecule has 2 fully saturated rings. The third-order valence-corrected chi connectivity index (χ3v) is 3.34. The Labute approximate surface area is 80.1 Å². The van der Waals surface area contributed by atoms with Gasteiger partial charge in [0, 0.05) is 12.6 Å². The number of piperidine rings is 1. The van der Waals surface area contributed by atoms with Crippen LogP contribution < -0.4 is 5.32 Å². The topological polar surface area (TPSA) is 35.5 Å². The number of hydrogen-bond donors (Lipinski definition) is 2. The second kappa shape index (κ2) is 3.56. The van der Waals surface area contributed by atoms with E-state index in [1.807, 2.05) is 7.05 Å². The van der Waals surface area contributed by atoms with Crippen LogP contribution in [0.15, 0.2) is 0 Å². The number of hydrogen-bond acceptors (Lipinski definition) is 3. The van der Waals surface area contributed by atoms with Gasteiger partial charge in [-0.25, -0.2) is 0 Å². The van der Waals surface area contributed by atoms with Gasteiger partial charge in [0.05, 0.1) is 5.60 Å². The zero-order chi connectivity index (χ0) is 9.31. The molecular weight excluding hydrogens is 164 g/mol. The number of nitrogens with one attached hydrogen (secondary N) is 1. The van der Waals surface area contributed by atoms with Crippen molar-refractivity contribution in [2.45, 2.75) is 37.3 Å². The lowest BCUT2D eigenvalue weighted by Gasteiger charge is -2.33. The number of rotatable bonds is 3. The van der Waals surface area contributed by atoms with Gasteiger partial charge in [0.25, 0.3) is 0 Å². The first-order valence-corrected chi connectivity index (χ1v) is 5.34. The molecule has 0 bridgehead atoms. The van der Waals surface area contributed by atoms with Crippen molar-refractivity contribution < 1.29 is 5.11 Å². The van der Waals surface area contributed by atoms with E-state index < -0.39 is 0 Å². The summed E-state index contributed by atoms with van der Waals surface area (Å²) >= 11 is 0. The van der Waals surface area contributed by atoms with Crippen LogP contribution in [-0.2, 0) is 0 Å². The van der Waals surface area contributed by atoms with E-state index in [1.165, 1.54) is 12.8 Å². The normalized spacial score (nSPS) is 29.1. The summed E-state index contributed by atoms with van der Waals surface area (Å²) < 4.78 is 0. The fraction of sp³-hybridized carbons (Fsp3) is 1.00. The maximum atomic E-state index is 9.75. The van der Waals surface area contributed by atoms with Crippen molar-refractivity contribution in [1.82, 2.24) is 10.2 Å². The highest BCUT2D eigenvalue weighted by molar-refractivity contribution is 4.96. The lowest BCUT2D eigenvalue weighted by Crippen LogP contribution is -2.44. The summed E-state index contributed by atoms with van der Waals surface area (Å²) in [6.45, 7) is 3.20. The molecular formula is C10H20N2O. The van der Waals surface area contributed by atoms with E-state index >= 15 is 0 Å². The van der Waals surface area contributed by atoms with Gasteiger partial charge in [-0.05, 0) is 45.8 Å². The largest absolute Gasteiger partial charge is 0.389 e. The summed E-state index contributed by atoms with van der Waals surface area (Å²) in [7, 11) is 2.04. The molecule has 0 aromatic carbocycles. The molecule has 1 aliphatic carbocycles. The summed E-state index contributed by atoms with van der Waals surface area (Å²) in [6, 6.07) is 0.699. The monoisotopic (exact) mass is 184 g/mol. The van der Waals surface area contributed by atoms with Crippen molar-refractivity contribution in [2.24, 2.45) is 0 Å². The molecule has 1 aliphatic heterocycles. The van der Waals surface area contributed by atoms with Crippen molar-refractivity contribution in [3.8, 4) is 0 Å². The minimum atomic E-state index is -0.299. The van der Waals surface area contributed by atoms with Crippen molar-refractivity contribution in [3.63, 3.8) is 0 Å². The molecule has 1 heterocycles. The highest BCUT2D eigenvalue weighted by atomic mass is 16.3. The van der Waals surface area contributed by atoms with Gasteiger partial charge >= 0.3 is 0 Å². The van der Waals surface area contributed by atoms with E-state index in [0.29, 0.717) is 6.04 Å². The van der Waals surface area contributed by atoms with Gasteiger partial charge in [-0.1, -0.05) is 0 Å². The lowest BCUT2D eigenvalue weighted by atomic mass is 10.0. The number of aliphatic hydroxyl groups is 1. The minimum absolute atomic E-state index is 0.299. The van der Waals surface area contributed by atoms with Gasteiger partial charge in [0.15, 0.2) is 0 Å². The van der Waals surface area contributed by atoms with Crippen molar-refractivity contribution in [2.75, 3.05) is 26.7 Å². The number of β-amino-alcohol motifs (C(OH)–C–C–N with tert-alkyl or cyclic N) is 1. The summed E-state index contributed by atoms with van der Waals surface area (Å²) in [5.41, 5.74) is -0.299. The molecule has 0 aromatic rings. The Morgan fingerprint density at radius 2 is 2.00 bits per heavy atom. The molecule has 3 nitrogen and oxygen atoms in total. The average Bonchev–Trinajstić information content (AvgIpc) is 2.85. The quantitative estimate of drug-likeness (QED) is 0.657. The van der Waals surface area contributed by atoms with E-state index in [9.17, 15) is 5.11 Å². The van der Waals surface area contributed by atoms with E-state index in [1.54, 1.807) is 0 Å². The molecule has 3 heteroatoms. The van der Waals surface area contributed by atoms with Crippen LogP contribution in [0.4, 0.5) is 0 Å². The van der Waals surface area contributed by atoms with Gasteiger partial charge in [0.2, 0.25) is 0 Å². The summed E-state index contributed by atoms with van der Waals surface area (Å²) in [5, 5.41) is 13.1. The third kappa shape index (κ3) is 2.42. The summed E-state index contributed by atoms with van der Waals surface area (Å²) in [6.07, 6.45) is 4.48. The smallest absolute Gasteiger partial charge is 0.0776 e. The van der Waals surface area contributed by atoms with E-state index in [0.717, 1.165) is 32.5 Å². The molecule has 2 N–H and O–H groups in total. The van der Waals surface area contributed by atoms with E-state index in [2.05, 4.69) is 10.2 Å². The second-order valence-electron chi connectivity index (χ2n) is 4.56. The Morgan fingerprint density at radius 3 is 2.46 bits per heavy atom. The maximum Gasteiger partial charge on any atom is 0.0776 e. The van der Waals surface area contributed by atoms with E-state index in [4.69, 9.17) is 0 Å². The van der Waals surface area contributed by atoms with Crippen molar-refractivity contribution >= 4 is 0 Å². The predicted molar refractivity (Wildman–Crippen MR) is 52.7 cm³/mol. The molecule has 1 saturated carbocycles. The molecule has 0 aromatic heterocycles. The van der Waals surface area contributed by atoms with Crippen LogP contribution in [0.5, 0.6) is 0 Å². The Kier molecular flexibility index (Phi) is 2.58. The van der Waals surface area contributed by atoms with Crippen LogP contribution in [0.2, 0.25) is 0 Å². The molecule has 13 heavy (non-hydrogen) atoms. The van der Waals surface area contributed by atoms with Gasteiger partial charge < -0.3 is 15.3 Å². The molecule has 1 saturated heterocycles. The lowest BCUT2D eigenvalue weighted by molar-refractivity contribution is 0.0770. The van der Waals surface area contributed by atoms with Gasteiger partial charge in [0.1, 0.15) is 0 Å². The fourth-order valence-corrected chi connectivity index (χ4v) is 2.10. The molecule has 0 amide bonds. The molecule has 0 radical (unpaired) electrons. The molecule has 0 unspecified atom stereocenters. The highest BCUT2D eigenvalue weighted by Gasteiger charge is 2.41. The van der Waals surface area contributed by atoms with Crippen LogP contribution in [-0.4, -0.2) is 48.3 Å². The number of likely N-dealkylation sites (tertiary alicyclic amines) is 1. The van der Waals surface area contributed by atoms with Crippen LogP contribution in [0.25, 0.3) is 0 Å². The second-order valence-corrected chi connectivity index (χ2v) is 4.56. The standard InChI is InChI=1S/C10H20N2O/c1-11-9-2-6-12(7-3-9)8-10(13)4-5-10/h9,11,13H,2-8H2,1H3. The third-order valence-electron chi connectivity index (χ3n) is 3.34. The van der Waals surface area contributed by atoms with Gasteiger partial charge in [-0.2, -0.15) is 0 Å². The van der Waals surface area contributed by atoms with Crippen LogP contribution in [0.1, 0.15) is 25.7 Å². The molecule has 2 aliphatic rings. The summed E-state index contributed by atoms with van der Waals surface area (Å²) in [4.78, 5) is 2.40. The SMILES string of the molecule is CNC1CCN(CC2(O)CC2)CC1. The first-order valence-electron chi connectivity index (χ1n) is 5.34. The maximum absolute atomic E-state index is 9.75. The Balaban J connectivity index is 1.72. The Hall–Kier alpha value is -0.120. The van der Waals surface area contributed by atoms with Crippen LogP contribution in [0, 0.1) is 0 Å². The van der Waals surface area contributed by atoms with Gasteiger partial charge in [-0.3, -0.25) is 0 Å². The first kappa shape index (κ1) is 9.44. The molecule has 76 valence electrons. The number of nitrogens with zero attached hydrogens (tertiary/aromatic N) is 1. The fourth-order valence-electron chi connectivity index (χ4n) is 2.10. The highest BCUT2D eigenvalue weighted by Crippen LogP contribution is 2.36. The first-order chi connectivity index (χ1) is 6.22. The zero-order valence-corrected chi connectivity index (χ0v) is 8.42. The molecule has 2 rings (SSSR count). The summed E-state index contributed by atoms with van der Waals surface area (Å²) in [5.74, 6) is 0. The van der Waals surface area contributed by atoms with Gasteiger partial charge in [-0.15, -0.1) is 0 Å².